The van der Waals surface area contributed by atoms with Gasteiger partial charge < -0.3 is 20.4 Å². The number of cyclic esters (lactones) is 1. The zero-order valence-corrected chi connectivity index (χ0v) is 15.0. The summed E-state index contributed by atoms with van der Waals surface area (Å²) >= 11 is 0. The summed E-state index contributed by atoms with van der Waals surface area (Å²) in [5.41, 5.74) is 1.82. The molecular weight excluding hydrogens is 387 g/mol. The number of carbonyl (C=O) groups excluding carboxylic acids is 2. The number of nitrogens with one attached hydrogen (secondary N) is 3. The van der Waals surface area contributed by atoms with Gasteiger partial charge >= 0.3 is 6.09 Å². The summed E-state index contributed by atoms with van der Waals surface area (Å²) in [6.45, 7) is 0.0967. The number of carbonyl (C=O) groups is 2. The first-order valence-electron chi connectivity index (χ1n) is 8.89. The highest BCUT2D eigenvalue weighted by Gasteiger charge is 2.28. The Kier molecular flexibility index (Phi) is 4.87. The summed E-state index contributed by atoms with van der Waals surface area (Å²) in [6, 6.07) is 6.81. The lowest BCUT2D eigenvalue weighted by atomic mass is 10.0. The fourth-order valence-electron chi connectivity index (χ4n) is 3.36. The lowest BCUT2D eigenvalue weighted by molar-refractivity contribution is -0.122. The van der Waals surface area contributed by atoms with Gasteiger partial charge in [-0.05, 0) is 47.9 Å². The third kappa shape index (κ3) is 3.75. The van der Waals surface area contributed by atoms with Gasteiger partial charge in [0.25, 0.3) is 0 Å². The second-order valence-electron chi connectivity index (χ2n) is 6.63. The molecule has 0 radical (unpaired) electrons. The average Bonchev–Trinajstić information content (AvgIpc) is 3.27. The zero-order valence-electron chi connectivity index (χ0n) is 15.0. The number of alkyl carbamates (subject to hydrolysis) is 1. The fourth-order valence-corrected chi connectivity index (χ4v) is 3.36. The van der Waals surface area contributed by atoms with E-state index in [4.69, 9.17) is 0 Å². The van der Waals surface area contributed by atoms with E-state index in [9.17, 15) is 22.8 Å². The third-order valence-electron chi connectivity index (χ3n) is 4.73. The summed E-state index contributed by atoms with van der Waals surface area (Å²) in [5.74, 6) is -2.31. The number of halogens is 3. The second kappa shape index (κ2) is 7.50. The fraction of sp³-hybridized carbons (Fsp3) is 0.200. The molecule has 6 nitrogen and oxygen atoms in total. The molecule has 1 aliphatic rings. The molecule has 150 valence electrons. The van der Waals surface area contributed by atoms with Crippen molar-refractivity contribution in [3.8, 4) is 11.3 Å². The van der Waals surface area contributed by atoms with Crippen LogP contribution in [0.2, 0.25) is 0 Å². The molecule has 3 N–H and O–H groups in total. The Hall–Kier alpha value is -3.49. The van der Waals surface area contributed by atoms with E-state index in [2.05, 4.69) is 20.4 Å². The van der Waals surface area contributed by atoms with Crippen LogP contribution in [-0.2, 0) is 16.0 Å². The van der Waals surface area contributed by atoms with Crippen molar-refractivity contribution in [2.45, 2.75) is 12.5 Å². The molecule has 3 aromatic rings. The minimum absolute atomic E-state index is 0.0605. The van der Waals surface area contributed by atoms with Crippen LogP contribution in [0, 0.1) is 17.5 Å². The number of hydrogen-bond acceptors (Lipinski definition) is 3. The van der Waals surface area contributed by atoms with E-state index >= 15 is 0 Å². The number of hydrogen-bond donors (Lipinski definition) is 3. The highest BCUT2D eigenvalue weighted by Crippen LogP contribution is 2.32. The Bertz CT molecular complexity index is 1100. The van der Waals surface area contributed by atoms with Crippen molar-refractivity contribution in [3.63, 3.8) is 0 Å². The van der Waals surface area contributed by atoms with Gasteiger partial charge in [-0.2, -0.15) is 0 Å². The number of ether oxygens (including phenoxy) is 1. The summed E-state index contributed by atoms with van der Waals surface area (Å²) in [6.07, 6.45) is -0.408. The van der Waals surface area contributed by atoms with Gasteiger partial charge in [-0.15, -0.1) is 0 Å². The standard InChI is InChI=1S/C20H16F3N3O3/c21-11-3-1-10(2-4-11)17-13(14-7-12(22)8-15(23)18(14)26-17)5-6-24-19(27)16-9-29-20(28)25-16/h1-4,7-8,16,26H,5-6,9H2,(H,24,27)(H,25,28). The molecule has 1 fully saturated rings. The molecule has 1 atom stereocenters. The minimum atomic E-state index is -0.781. The maximum Gasteiger partial charge on any atom is 0.407 e. The van der Waals surface area contributed by atoms with Crippen molar-refractivity contribution in [1.29, 1.82) is 0 Å². The molecule has 1 aliphatic heterocycles. The van der Waals surface area contributed by atoms with E-state index < -0.39 is 35.5 Å². The highest BCUT2D eigenvalue weighted by atomic mass is 19.1. The monoisotopic (exact) mass is 403 g/mol. The lowest BCUT2D eigenvalue weighted by Gasteiger charge is -2.10. The first-order chi connectivity index (χ1) is 13.9. The molecular formula is C20H16F3N3O3. The Labute approximate surface area is 163 Å². The topological polar surface area (TPSA) is 83.2 Å². The zero-order chi connectivity index (χ0) is 20.5. The average molecular weight is 403 g/mol. The molecule has 1 unspecified atom stereocenters. The highest BCUT2D eigenvalue weighted by molar-refractivity contribution is 5.91. The Balaban J connectivity index is 1.62. The van der Waals surface area contributed by atoms with Crippen LogP contribution in [0.4, 0.5) is 18.0 Å². The molecule has 0 bridgehead atoms. The van der Waals surface area contributed by atoms with Crippen LogP contribution in [-0.4, -0.2) is 36.2 Å². The largest absolute Gasteiger partial charge is 0.447 e. The predicted octanol–water partition coefficient (Wildman–Crippen LogP) is 3.02. The number of rotatable bonds is 5. The molecule has 2 amide bonds. The van der Waals surface area contributed by atoms with Gasteiger partial charge in [0, 0.05) is 23.7 Å². The minimum Gasteiger partial charge on any atom is -0.447 e. The quantitative estimate of drug-likeness (QED) is 0.613. The van der Waals surface area contributed by atoms with Crippen molar-refractivity contribution in [2.75, 3.05) is 13.2 Å². The van der Waals surface area contributed by atoms with Crippen LogP contribution in [0.3, 0.4) is 0 Å². The molecule has 2 aromatic carbocycles. The van der Waals surface area contributed by atoms with E-state index in [1.807, 2.05) is 0 Å². The van der Waals surface area contributed by atoms with Gasteiger partial charge in [-0.3, -0.25) is 4.79 Å². The van der Waals surface area contributed by atoms with Crippen molar-refractivity contribution in [2.24, 2.45) is 0 Å². The van der Waals surface area contributed by atoms with E-state index in [0.717, 1.165) is 6.07 Å². The van der Waals surface area contributed by atoms with Gasteiger partial charge in [0.05, 0.1) is 5.52 Å². The van der Waals surface area contributed by atoms with Crippen LogP contribution in [0.25, 0.3) is 22.2 Å². The molecule has 1 saturated heterocycles. The number of aromatic nitrogens is 1. The molecule has 9 heteroatoms. The maximum absolute atomic E-state index is 14.3. The maximum atomic E-state index is 14.3. The molecule has 0 spiro atoms. The van der Waals surface area contributed by atoms with Crippen molar-refractivity contribution in [3.05, 3.63) is 59.4 Å². The van der Waals surface area contributed by atoms with Crippen molar-refractivity contribution in [1.82, 2.24) is 15.6 Å². The second-order valence-corrected chi connectivity index (χ2v) is 6.63. The number of amides is 2. The van der Waals surface area contributed by atoms with Gasteiger partial charge in [0.2, 0.25) is 5.91 Å². The van der Waals surface area contributed by atoms with Crippen molar-refractivity contribution >= 4 is 22.9 Å². The van der Waals surface area contributed by atoms with Crippen LogP contribution in [0.15, 0.2) is 36.4 Å². The van der Waals surface area contributed by atoms with Gasteiger partial charge in [0.15, 0.2) is 0 Å². The Morgan fingerprint density at radius 1 is 1.14 bits per heavy atom. The molecule has 1 aromatic heterocycles. The summed E-state index contributed by atoms with van der Waals surface area (Å²) in [7, 11) is 0. The molecule has 29 heavy (non-hydrogen) atoms. The lowest BCUT2D eigenvalue weighted by Crippen LogP contribution is -2.43. The Morgan fingerprint density at radius 3 is 2.59 bits per heavy atom. The van der Waals surface area contributed by atoms with E-state index in [1.54, 1.807) is 0 Å². The summed E-state index contributed by atoms with van der Waals surface area (Å²) in [4.78, 5) is 26.1. The number of aromatic amines is 1. The van der Waals surface area contributed by atoms with E-state index in [-0.39, 0.29) is 25.1 Å². The number of benzene rings is 2. The van der Waals surface area contributed by atoms with Gasteiger partial charge in [0.1, 0.15) is 30.1 Å². The van der Waals surface area contributed by atoms with Crippen LogP contribution < -0.4 is 10.6 Å². The van der Waals surface area contributed by atoms with E-state index in [0.29, 0.717) is 22.2 Å². The van der Waals surface area contributed by atoms with Gasteiger partial charge in [-0.25, -0.2) is 18.0 Å². The van der Waals surface area contributed by atoms with Crippen molar-refractivity contribution < 1.29 is 27.5 Å². The normalized spacial score (nSPS) is 16.0. The molecule has 0 saturated carbocycles. The smallest absolute Gasteiger partial charge is 0.407 e. The summed E-state index contributed by atoms with van der Waals surface area (Å²) < 4.78 is 46.0. The first kappa shape index (κ1) is 18.9. The number of H-pyrrole nitrogens is 1. The Morgan fingerprint density at radius 2 is 1.90 bits per heavy atom. The van der Waals surface area contributed by atoms with Crippen LogP contribution in [0.1, 0.15) is 5.56 Å². The van der Waals surface area contributed by atoms with Gasteiger partial charge in [-0.1, -0.05) is 0 Å². The molecule has 2 heterocycles. The number of fused-ring (bicyclic) bond motifs is 1. The van der Waals surface area contributed by atoms with Crippen LogP contribution in [0.5, 0.6) is 0 Å². The third-order valence-corrected chi connectivity index (χ3v) is 4.73. The molecule has 0 aliphatic carbocycles. The summed E-state index contributed by atoms with van der Waals surface area (Å²) in [5, 5.41) is 5.38. The van der Waals surface area contributed by atoms with Crippen LogP contribution >= 0.6 is 0 Å². The van der Waals surface area contributed by atoms with E-state index in [1.165, 1.54) is 30.3 Å². The predicted molar refractivity (Wildman–Crippen MR) is 98.6 cm³/mol. The molecule has 4 rings (SSSR count). The first-order valence-corrected chi connectivity index (χ1v) is 8.89. The SMILES string of the molecule is O=C1NC(C(=O)NCCc2c(-c3ccc(F)cc3)[nH]c3c(F)cc(F)cc23)CO1.